The molecule has 1 aromatic heterocycles. The Labute approximate surface area is 185 Å². The van der Waals surface area contributed by atoms with Gasteiger partial charge in [-0.3, -0.25) is 24.3 Å². The molecule has 0 unspecified atom stereocenters. The van der Waals surface area contributed by atoms with Crippen LogP contribution in [0, 0.1) is 17.0 Å². The van der Waals surface area contributed by atoms with Crippen LogP contribution < -0.4 is 10.0 Å². The third-order valence-electron chi connectivity index (χ3n) is 4.61. The summed E-state index contributed by atoms with van der Waals surface area (Å²) in [6.07, 6.45) is 3.27. The fourth-order valence-electron chi connectivity index (χ4n) is 2.81. The number of hydrogen-bond acceptors (Lipinski definition) is 6. The third kappa shape index (κ3) is 5.11. The van der Waals surface area contributed by atoms with Gasteiger partial charge in [0.1, 0.15) is 0 Å². The highest BCUT2D eigenvalue weighted by molar-refractivity contribution is 7.92. The van der Waals surface area contributed by atoms with Gasteiger partial charge in [-0.15, -0.1) is 0 Å². The summed E-state index contributed by atoms with van der Waals surface area (Å²) in [6, 6.07) is 9.50. The highest BCUT2D eigenvalue weighted by Crippen LogP contribution is 2.24. The van der Waals surface area contributed by atoms with Crippen LogP contribution in [0.4, 0.5) is 17.1 Å². The molecule has 0 saturated heterocycles. The maximum absolute atomic E-state index is 12.6. The monoisotopic (exact) mass is 457 g/mol. The summed E-state index contributed by atoms with van der Waals surface area (Å²) in [4.78, 5) is 22.7. The van der Waals surface area contributed by atoms with Crippen LogP contribution in [0.15, 0.2) is 59.8 Å². The van der Waals surface area contributed by atoms with E-state index in [1.165, 1.54) is 43.3 Å². The molecule has 2 aromatic carbocycles. The minimum absolute atomic E-state index is 0.213. The Morgan fingerprint density at radius 2 is 1.75 bits per heavy atom. The third-order valence-corrected chi connectivity index (χ3v) is 5.99. The Morgan fingerprint density at radius 1 is 1.09 bits per heavy atom. The molecule has 11 heteroatoms. The molecule has 0 atom stereocenters. The van der Waals surface area contributed by atoms with E-state index >= 15 is 0 Å². The van der Waals surface area contributed by atoms with Gasteiger partial charge in [0.2, 0.25) is 0 Å². The zero-order valence-corrected chi connectivity index (χ0v) is 18.8. The first kappa shape index (κ1) is 22.9. The van der Waals surface area contributed by atoms with Crippen LogP contribution in [-0.4, -0.2) is 29.0 Å². The van der Waals surface area contributed by atoms with E-state index in [0.29, 0.717) is 16.8 Å². The van der Waals surface area contributed by atoms with Gasteiger partial charge >= 0.3 is 0 Å². The molecule has 0 saturated carbocycles. The van der Waals surface area contributed by atoms with E-state index in [-0.39, 0.29) is 27.7 Å². The van der Waals surface area contributed by atoms with Crippen molar-refractivity contribution in [2.24, 2.45) is 0 Å². The average molecular weight is 458 g/mol. The lowest BCUT2D eigenvalue weighted by Crippen LogP contribution is -2.22. The van der Waals surface area contributed by atoms with E-state index < -0.39 is 14.9 Å². The molecule has 10 nitrogen and oxygen atoms in total. The standard InChI is InChI=1S/C21H23N5O5S/c1-14-5-10-18(11-19(14)26(28)29)32(30,31)24-16-8-6-15(7-9-16)20(27)23-17-12-22-25(13-17)21(2,3)4/h5-13,24H,1-4H3,(H,23,27). The van der Waals surface area contributed by atoms with Gasteiger partial charge in [-0.2, -0.15) is 5.10 Å². The van der Waals surface area contributed by atoms with Crippen molar-refractivity contribution in [2.75, 3.05) is 10.0 Å². The fourth-order valence-corrected chi connectivity index (χ4v) is 3.89. The minimum atomic E-state index is -4.05. The second-order valence-electron chi connectivity index (χ2n) is 8.19. The molecule has 0 spiro atoms. The quantitative estimate of drug-likeness (QED) is 0.425. The molecule has 32 heavy (non-hydrogen) atoms. The molecule has 1 amide bonds. The summed E-state index contributed by atoms with van der Waals surface area (Å²) in [5.74, 6) is -0.373. The predicted molar refractivity (Wildman–Crippen MR) is 120 cm³/mol. The largest absolute Gasteiger partial charge is 0.319 e. The van der Waals surface area contributed by atoms with Crippen molar-refractivity contribution >= 4 is 33.0 Å². The van der Waals surface area contributed by atoms with Crippen molar-refractivity contribution in [1.29, 1.82) is 0 Å². The smallest absolute Gasteiger partial charge is 0.273 e. The van der Waals surface area contributed by atoms with Gasteiger partial charge in [-0.1, -0.05) is 6.07 Å². The van der Waals surface area contributed by atoms with Crippen molar-refractivity contribution in [3.8, 4) is 0 Å². The van der Waals surface area contributed by atoms with Crippen LogP contribution in [0.5, 0.6) is 0 Å². The van der Waals surface area contributed by atoms with Crippen LogP contribution in [0.2, 0.25) is 0 Å². The second kappa shape index (κ2) is 8.42. The number of amides is 1. The van der Waals surface area contributed by atoms with Crippen molar-refractivity contribution in [3.63, 3.8) is 0 Å². The number of aromatic nitrogens is 2. The molecule has 0 aliphatic carbocycles. The molecule has 0 fully saturated rings. The molecule has 0 aliphatic heterocycles. The van der Waals surface area contributed by atoms with Crippen LogP contribution >= 0.6 is 0 Å². The number of hydrogen-bond donors (Lipinski definition) is 2. The molecule has 168 valence electrons. The molecular formula is C21H23N5O5S. The first-order valence-corrected chi connectivity index (χ1v) is 11.1. The van der Waals surface area contributed by atoms with E-state index in [4.69, 9.17) is 0 Å². The lowest BCUT2D eigenvalue weighted by molar-refractivity contribution is -0.385. The molecule has 1 heterocycles. The summed E-state index contributed by atoms with van der Waals surface area (Å²) >= 11 is 0. The number of sulfonamides is 1. The van der Waals surface area contributed by atoms with Crippen molar-refractivity contribution in [2.45, 2.75) is 38.1 Å². The Hall–Kier alpha value is -3.73. The normalized spacial score (nSPS) is 11.8. The minimum Gasteiger partial charge on any atom is -0.319 e. The average Bonchev–Trinajstić information content (AvgIpc) is 3.17. The van der Waals surface area contributed by atoms with E-state index in [2.05, 4.69) is 15.1 Å². The lowest BCUT2D eigenvalue weighted by atomic mass is 10.1. The van der Waals surface area contributed by atoms with Crippen molar-refractivity contribution < 1.29 is 18.1 Å². The van der Waals surface area contributed by atoms with E-state index in [1.807, 2.05) is 20.8 Å². The molecule has 0 aliphatic rings. The predicted octanol–water partition coefficient (Wildman–Crippen LogP) is 3.91. The summed E-state index contributed by atoms with van der Waals surface area (Å²) in [7, 11) is -4.05. The number of anilines is 2. The number of aryl methyl sites for hydroxylation is 1. The molecule has 2 N–H and O–H groups in total. The van der Waals surface area contributed by atoms with Gasteiger partial charge in [0.15, 0.2) is 0 Å². The summed E-state index contributed by atoms with van der Waals surface area (Å²) in [6.45, 7) is 7.49. The maximum atomic E-state index is 12.6. The van der Waals surface area contributed by atoms with E-state index in [1.54, 1.807) is 17.1 Å². The first-order valence-electron chi connectivity index (χ1n) is 9.61. The van der Waals surface area contributed by atoms with Gasteiger partial charge in [0.05, 0.1) is 27.2 Å². The zero-order chi connectivity index (χ0) is 23.7. The second-order valence-corrected chi connectivity index (χ2v) is 9.87. The fraction of sp³-hybridized carbons (Fsp3) is 0.238. The number of rotatable bonds is 6. The molecule has 0 bridgehead atoms. The molecule has 0 radical (unpaired) electrons. The highest BCUT2D eigenvalue weighted by atomic mass is 32.2. The van der Waals surface area contributed by atoms with Gasteiger partial charge in [-0.05, 0) is 58.0 Å². The zero-order valence-electron chi connectivity index (χ0n) is 18.0. The van der Waals surface area contributed by atoms with Crippen molar-refractivity contribution in [3.05, 3.63) is 76.1 Å². The summed E-state index contributed by atoms with van der Waals surface area (Å²) < 4.78 is 29.3. The number of nitrogens with one attached hydrogen (secondary N) is 2. The van der Waals surface area contributed by atoms with Crippen LogP contribution in [-0.2, 0) is 15.6 Å². The lowest BCUT2D eigenvalue weighted by Gasteiger charge is -2.18. The molecule has 3 rings (SSSR count). The van der Waals surface area contributed by atoms with Gasteiger partial charge < -0.3 is 5.32 Å². The molecule has 3 aromatic rings. The van der Waals surface area contributed by atoms with Gasteiger partial charge in [0.25, 0.3) is 21.6 Å². The molecular weight excluding hydrogens is 434 g/mol. The van der Waals surface area contributed by atoms with Crippen molar-refractivity contribution in [1.82, 2.24) is 9.78 Å². The number of nitrogens with zero attached hydrogens (tertiary/aromatic N) is 3. The summed E-state index contributed by atoms with van der Waals surface area (Å²) in [5, 5.41) is 18.1. The number of nitro benzene ring substituents is 1. The summed E-state index contributed by atoms with van der Waals surface area (Å²) in [5.41, 5.74) is 0.926. The Kier molecular flexibility index (Phi) is 6.04. The van der Waals surface area contributed by atoms with Gasteiger partial charge in [-0.25, -0.2) is 8.42 Å². The number of carbonyl (C=O) groups is 1. The Balaban J connectivity index is 1.73. The van der Waals surface area contributed by atoms with Crippen LogP contribution in [0.1, 0.15) is 36.7 Å². The van der Waals surface area contributed by atoms with E-state index in [0.717, 1.165) is 6.07 Å². The van der Waals surface area contributed by atoms with E-state index in [9.17, 15) is 23.3 Å². The highest BCUT2D eigenvalue weighted by Gasteiger charge is 2.20. The number of benzene rings is 2. The van der Waals surface area contributed by atoms with Gasteiger partial charge in [0, 0.05) is 29.1 Å². The maximum Gasteiger partial charge on any atom is 0.273 e. The SMILES string of the molecule is Cc1ccc(S(=O)(=O)Nc2ccc(C(=O)Nc3cnn(C(C)(C)C)c3)cc2)cc1[N+](=O)[O-]. The Bertz CT molecular complexity index is 1270. The van der Waals surface area contributed by atoms with Crippen LogP contribution in [0.25, 0.3) is 0 Å². The number of nitro groups is 1. The topological polar surface area (TPSA) is 136 Å². The number of carbonyl (C=O) groups excluding carboxylic acids is 1. The Morgan fingerprint density at radius 3 is 2.31 bits per heavy atom. The first-order chi connectivity index (χ1) is 14.9. The van der Waals surface area contributed by atoms with Crippen LogP contribution in [0.3, 0.4) is 0 Å².